The van der Waals surface area contributed by atoms with E-state index in [9.17, 15) is 4.79 Å². The van der Waals surface area contributed by atoms with Crippen molar-refractivity contribution in [3.05, 3.63) is 29.7 Å². The number of nitrogens with zero attached hydrogens (tertiary/aromatic N) is 3. The molecule has 0 atom stereocenters. The highest BCUT2D eigenvalue weighted by atomic mass is 16.2. The van der Waals surface area contributed by atoms with Gasteiger partial charge >= 0.3 is 0 Å². The maximum absolute atomic E-state index is 12.2. The third kappa shape index (κ3) is 2.09. The average Bonchev–Trinajstić information content (AvgIpc) is 2.79. The summed E-state index contributed by atoms with van der Waals surface area (Å²) in [6, 6.07) is 3.85. The predicted octanol–water partition coefficient (Wildman–Crippen LogP) is 2.61. The van der Waals surface area contributed by atoms with E-state index < -0.39 is 0 Å². The largest absolute Gasteiger partial charge is 0.310 e. The molecule has 2 aromatic rings. The number of carbonyl (C=O) groups excluding carboxylic acids is 1. The zero-order valence-corrected chi connectivity index (χ0v) is 11.8. The smallest absolute Gasteiger partial charge is 0.227 e. The maximum atomic E-state index is 12.2. The van der Waals surface area contributed by atoms with Crippen LogP contribution in [0.25, 0.3) is 11.3 Å². The van der Waals surface area contributed by atoms with Crippen LogP contribution in [-0.2, 0) is 4.79 Å². The molecule has 0 unspecified atom stereocenters. The van der Waals surface area contributed by atoms with Crippen LogP contribution in [0.1, 0.15) is 30.7 Å². The first-order valence-corrected chi connectivity index (χ1v) is 6.96. The van der Waals surface area contributed by atoms with Crippen molar-refractivity contribution in [2.45, 2.75) is 33.1 Å². The van der Waals surface area contributed by atoms with Crippen LogP contribution in [0.4, 0.5) is 5.69 Å². The van der Waals surface area contributed by atoms with Crippen LogP contribution in [0.3, 0.4) is 0 Å². The lowest BCUT2D eigenvalue weighted by Gasteiger charge is -2.28. The molecule has 0 spiro atoms. The summed E-state index contributed by atoms with van der Waals surface area (Å²) in [5.74, 6) is 0.185. The number of hydrogen-bond acceptors (Lipinski definition) is 3. The second-order valence-electron chi connectivity index (χ2n) is 5.18. The Morgan fingerprint density at radius 1 is 1.30 bits per heavy atom. The minimum atomic E-state index is 0.185. The number of aromatic nitrogens is 3. The zero-order valence-electron chi connectivity index (χ0n) is 11.8. The fourth-order valence-electron chi connectivity index (χ4n) is 2.77. The van der Waals surface area contributed by atoms with E-state index in [1.54, 1.807) is 6.20 Å². The van der Waals surface area contributed by atoms with E-state index in [0.29, 0.717) is 6.42 Å². The molecule has 5 nitrogen and oxygen atoms in total. The van der Waals surface area contributed by atoms with Crippen LogP contribution in [-0.4, -0.2) is 27.6 Å². The number of amides is 1. The van der Waals surface area contributed by atoms with Crippen molar-refractivity contribution < 1.29 is 4.79 Å². The maximum Gasteiger partial charge on any atom is 0.227 e. The van der Waals surface area contributed by atoms with Crippen molar-refractivity contribution >= 4 is 11.6 Å². The second kappa shape index (κ2) is 5.07. The first-order valence-electron chi connectivity index (χ1n) is 6.96. The van der Waals surface area contributed by atoms with Crippen LogP contribution in [0.2, 0.25) is 0 Å². The van der Waals surface area contributed by atoms with Crippen LogP contribution < -0.4 is 4.90 Å². The molecule has 0 radical (unpaired) electrons. The van der Waals surface area contributed by atoms with E-state index in [2.05, 4.69) is 15.2 Å². The molecule has 0 bridgehead atoms. The Morgan fingerprint density at radius 3 is 2.85 bits per heavy atom. The van der Waals surface area contributed by atoms with Crippen molar-refractivity contribution in [3.63, 3.8) is 0 Å². The zero-order chi connectivity index (χ0) is 14.1. The molecule has 3 rings (SSSR count). The summed E-state index contributed by atoms with van der Waals surface area (Å²) in [5.41, 5.74) is 4.62. The summed E-state index contributed by atoms with van der Waals surface area (Å²) in [7, 11) is 0. The molecule has 5 heteroatoms. The third-order valence-corrected chi connectivity index (χ3v) is 3.77. The number of rotatable bonds is 2. The second-order valence-corrected chi connectivity index (χ2v) is 5.18. The van der Waals surface area contributed by atoms with Gasteiger partial charge in [0.05, 0.1) is 17.1 Å². The number of piperidine rings is 1. The lowest BCUT2D eigenvalue weighted by Crippen LogP contribution is -2.35. The van der Waals surface area contributed by atoms with Gasteiger partial charge in [0.15, 0.2) is 0 Å². The first-order chi connectivity index (χ1) is 9.68. The number of H-pyrrole nitrogens is 1. The molecule has 20 heavy (non-hydrogen) atoms. The van der Waals surface area contributed by atoms with Crippen molar-refractivity contribution in [2.75, 3.05) is 11.4 Å². The SMILES string of the molecule is Cc1n[nH]c(C)c1-c1ncccc1N1CCCCC1=O. The van der Waals surface area contributed by atoms with Gasteiger partial charge in [0, 0.05) is 30.4 Å². The number of hydrogen-bond donors (Lipinski definition) is 1. The normalized spacial score (nSPS) is 15.7. The van der Waals surface area contributed by atoms with Gasteiger partial charge in [-0.3, -0.25) is 14.9 Å². The fraction of sp³-hybridized carbons (Fsp3) is 0.400. The van der Waals surface area contributed by atoms with Crippen LogP contribution in [0, 0.1) is 13.8 Å². The topological polar surface area (TPSA) is 61.9 Å². The lowest BCUT2D eigenvalue weighted by molar-refractivity contribution is -0.119. The highest BCUT2D eigenvalue weighted by Crippen LogP contribution is 2.33. The minimum Gasteiger partial charge on any atom is -0.310 e. The Bertz CT molecular complexity index is 628. The van der Waals surface area contributed by atoms with E-state index in [1.807, 2.05) is 30.9 Å². The van der Waals surface area contributed by atoms with Crippen molar-refractivity contribution in [3.8, 4) is 11.3 Å². The molecule has 1 fully saturated rings. The third-order valence-electron chi connectivity index (χ3n) is 3.77. The molecular formula is C15H18N4O. The molecule has 1 aliphatic heterocycles. The Labute approximate surface area is 118 Å². The van der Waals surface area contributed by atoms with Gasteiger partial charge in [-0.25, -0.2) is 0 Å². The molecule has 1 saturated heterocycles. The Morgan fingerprint density at radius 2 is 2.15 bits per heavy atom. The van der Waals surface area contributed by atoms with E-state index in [4.69, 9.17) is 0 Å². The standard InChI is InChI=1S/C15H18N4O/c1-10-14(11(2)18-17-10)15-12(6-5-8-16-15)19-9-4-3-7-13(19)20/h5-6,8H,3-4,7,9H2,1-2H3,(H,17,18). The summed E-state index contributed by atoms with van der Waals surface area (Å²) in [6.45, 7) is 4.70. The van der Waals surface area contributed by atoms with E-state index in [1.165, 1.54) is 0 Å². The number of carbonyl (C=O) groups is 1. The number of anilines is 1. The van der Waals surface area contributed by atoms with Gasteiger partial charge < -0.3 is 4.90 Å². The summed E-state index contributed by atoms with van der Waals surface area (Å²) < 4.78 is 0. The molecule has 104 valence electrons. The van der Waals surface area contributed by atoms with Gasteiger partial charge in [0.25, 0.3) is 0 Å². The highest BCUT2D eigenvalue weighted by Gasteiger charge is 2.24. The molecular weight excluding hydrogens is 252 g/mol. The Hall–Kier alpha value is -2.17. The van der Waals surface area contributed by atoms with E-state index in [-0.39, 0.29) is 5.91 Å². The van der Waals surface area contributed by atoms with Gasteiger partial charge in [-0.15, -0.1) is 0 Å². The molecule has 0 aromatic carbocycles. The number of aryl methyl sites for hydroxylation is 2. The van der Waals surface area contributed by atoms with Crippen LogP contribution in [0.15, 0.2) is 18.3 Å². The fourth-order valence-corrected chi connectivity index (χ4v) is 2.77. The monoisotopic (exact) mass is 270 g/mol. The Kier molecular flexibility index (Phi) is 3.26. The van der Waals surface area contributed by atoms with Crippen molar-refractivity contribution in [2.24, 2.45) is 0 Å². The van der Waals surface area contributed by atoms with Gasteiger partial charge in [0.2, 0.25) is 5.91 Å². The van der Waals surface area contributed by atoms with Crippen molar-refractivity contribution in [1.82, 2.24) is 15.2 Å². The van der Waals surface area contributed by atoms with Gasteiger partial charge in [-0.1, -0.05) is 0 Å². The number of aromatic amines is 1. The van der Waals surface area contributed by atoms with E-state index in [0.717, 1.165) is 47.7 Å². The predicted molar refractivity (Wildman–Crippen MR) is 77.5 cm³/mol. The first kappa shape index (κ1) is 12.8. The Balaban J connectivity index is 2.11. The number of nitrogens with one attached hydrogen (secondary N) is 1. The van der Waals surface area contributed by atoms with Gasteiger partial charge in [-0.2, -0.15) is 5.10 Å². The average molecular weight is 270 g/mol. The summed E-state index contributed by atoms with van der Waals surface area (Å²) >= 11 is 0. The van der Waals surface area contributed by atoms with Crippen LogP contribution >= 0.6 is 0 Å². The number of pyridine rings is 1. The molecule has 1 aliphatic rings. The minimum absolute atomic E-state index is 0.185. The van der Waals surface area contributed by atoms with Crippen LogP contribution in [0.5, 0.6) is 0 Å². The lowest BCUT2D eigenvalue weighted by atomic mass is 10.0. The molecule has 1 amide bonds. The van der Waals surface area contributed by atoms with Gasteiger partial charge in [-0.05, 0) is 38.8 Å². The molecule has 0 aliphatic carbocycles. The molecule has 1 N–H and O–H groups in total. The summed E-state index contributed by atoms with van der Waals surface area (Å²) in [4.78, 5) is 18.5. The van der Waals surface area contributed by atoms with Gasteiger partial charge in [0.1, 0.15) is 0 Å². The van der Waals surface area contributed by atoms with E-state index >= 15 is 0 Å². The quantitative estimate of drug-likeness (QED) is 0.912. The summed E-state index contributed by atoms with van der Waals surface area (Å²) in [5, 5.41) is 7.21. The van der Waals surface area contributed by atoms with Crippen molar-refractivity contribution in [1.29, 1.82) is 0 Å². The molecule has 0 saturated carbocycles. The molecule has 2 aromatic heterocycles. The highest BCUT2D eigenvalue weighted by molar-refractivity contribution is 5.97. The molecule has 3 heterocycles. The summed E-state index contributed by atoms with van der Waals surface area (Å²) in [6.07, 6.45) is 4.41.